The van der Waals surface area contributed by atoms with Gasteiger partial charge in [0, 0.05) is 0 Å². The predicted octanol–water partition coefficient (Wildman–Crippen LogP) is 4.07. The monoisotopic (exact) mass is 494 g/mol. The number of benzene rings is 3. The number of carbonyl (C=O) groups is 1. The van der Waals surface area contributed by atoms with Gasteiger partial charge in [0.05, 0.1) is 23.7 Å². The average Bonchev–Trinajstić information content (AvgIpc) is 2.83. The van der Waals surface area contributed by atoms with Crippen molar-refractivity contribution >= 4 is 21.6 Å². The molecule has 3 aromatic carbocycles. The molecule has 0 saturated heterocycles. The number of hydrogen-bond acceptors (Lipinski definition) is 5. The Kier molecular flexibility index (Phi) is 7.03. The molecule has 35 heavy (non-hydrogen) atoms. The van der Waals surface area contributed by atoms with Gasteiger partial charge in [-0.1, -0.05) is 35.9 Å². The van der Waals surface area contributed by atoms with Crippen molar-refractivity contribution in [3.05, 3.63) is 82.9 Å². The van der Waals surface area contributed by atoms with Crippen LogP contribution in [0, 0.1) is 27.7 Å². The molecule has 0 radical (unpaired) electrons. The van der Waals surface area contributed by atoms with Gasteiger partial charge in [-0.05, 0) is 74.7 Å². The zero-order valence-corrected chi connectivity index (χ0v) is 21.2. The Morgan fingerprint density at radius 3 is 2.49 bits per heavy atom. The minimum absolute atomic E-state index is 0.129. The molecule has 1 atom stereocenters. The lowest BCUT2D eigenvalue weighted by molar-refractivity contribution is -0.127. The smallest absolute Gasteiger partial charge is 0.264 e. The van der Waals surface area contributed by atoms with Crippen LogP contribution < -0.4 is 19.1 Å². The molecule has 1 aliphatic rings. The Hall–Kier alpha value is -3.52. The summed E-state index contributed by atoms with van der Waals surface area (Å²) in [5.41, 5.74) is 4.46. The van der Waals surface area contributed by atoms with Crippen LogP contribution in [0.4, 0.5) is 5.69 Å². The summed E-state index contributed by atoms with van der Waals surface area (Å²) in [4.78, 5) is 13.1. The van der Waals surface area contributed by atoms with Crippen LogP contribution in [0.15, 0.2) is 65.6 Å². The summed E-state index contributed by atoms with van der Waals surface area (Å²) in [6.07, 6.45) is -0.994. The highest BCUT2D eigenvalue weighted by Crippen LogP contribution is 2.37. The molecule has 0 saturated carbocycles. The molecule has 1 heterocycles. The van der Waals surface area contributed by atoms with E-state index in [2.05, 4.69) is 5.32 Å². The number of hydrogen-bond donors (Lipinski definition) is 1. The molecule has 0 unspecified atom stereocenters. The van der Waals surface area contributed by atoms with Crippen molar-refractivity contribution < 1.29 is 22.7 Å². The third-order valence-corrected chi connectivity index (χ3v) is 7.89. The number of aryl methyl sites for hydroxylation is 3. The molecule has 184 valence electrons. The van der Waals surface area contributed by atoms with E-state index in [1.54, 1.807) is 36.4 Å². The van der Waals surface area contributed by atoms with Gasteiger partial charge in [-0.15, -0.1) is 0 Å². The second-order valence-electron chi connectivity index (χ2n) is 8.76. The van der Waals surface area contributed by atoms with Gasteiger partial charge < -0.3 is 14.8 Å². The zero-order valence-electron chi connectivity index (χ0n) is 20.4. The van der Waals surface area contributed by atoms with E-state index in [1.807, 2.05) is 52.0 Å². The molecule has 1 N–H and O–H groups in total. The number of sulfonamides is 1. The fraction of sp³-hybridized carbons (Fsp3) is 0.296. The van der Waals surface area contributed by atoms with Gasteiger partial charge in [0.15, 0.2) is 6.10 Å². The first kappa shape index (κ1) is 24.6. The van der Waals surface area contributed by atoms with Gasteiger partial charge in [0.2, 0.25) is 0 Å². The molecule has 1 amide bonds. The largest absolute Gasteiger partial charge is 0.491 e. The van der Waals surface area contributed by atoms with Crippen LogP contribution in [-0.4, -0.2) is 40.1 Å². The number of ether oxygens (including phenoxy) is 2. The van der Waals surface area contributed by atoms with Gasteiger partial charge in [-0.25, -0.2) is 8.42 Å². The van der Waals surface area contributed by atoms with Gasteiger partial charge in [-0.2, -0.15) is 0 Å². The molecular weight excluding hydrogens is 464 g/mol. The maximum Gasteiger partial charge on any atom is 0.264 e. The van der Waals surface area contributed by atoms with Crippen LogP contribution in [0.5, 0.6) is 11.5 Å². The topological polar surface area (TPSA) is 84.9 Å². The lowest BCUT2D eigenvalue weighted by Gasteiger charge is -2.35. The number of nitrogens with one attached hydrogen (secondary N) is 1. The molecule has 0 aromatic heterocycles. The van der Waals surface area contributed by atoms with Gasteiger partial charge in [0.1, 0.15) is 18.1 Å². The Morgan fingerprint density at radius 1 is 1.03 bits per heavy atom. The highest BCUT2D eigenvalue weighted by atomic mass is 32.2. The van der Waals surface area contributed by atoms with Crippen LogP contribution in [0.3, 0.4) is 0 Å². The molecule has 3 aromatic rings. The molecule has 0 spiro atoms. The third kappa shape index (κ3) is 5.27. The maximum absolute atomic E-state index is 13.5. The van der Waals surface area contributed by atoms with Crippen molar-refractivity contribution in [2.45, 2.75) is 38.7 Å². The van der Waals surface area contributed by atoms with Crippen molar-refractivity contribution in [1.29, 1.82) is 0 Å². The van der Waals surface area contributed by atoms with E-state index in [-0.39, 0.29) is 24.6 Å². The standard InChI is InChI=1S/C27H30N2O5S/c1-18-8-11-22(12-9-18)35(31,32)29-17-26(34-25-13-10-19(2)16-23(25)29)27(30)28-14-15-33-24-7-5-6-20(3)21(24)4/h5-13,16,26H,14-15,17H2,1-4H3,(H,28,30)/t26-/m1/s1. The first-order valence-electron chi connectivity index (χ1n) is 11.5. The lowest BCUT2D eigenvalue weighted by atomic mass is 10.1. The lowest BCUT2D eigenvalue weighted by Crippen LogP contribution is -2.51. The second kappa shape index (κ2) is 10.00. The van der Waals surface area contributed by atoms with Crippen molar-refractivity contribution in [1.82, 2.24) is 5.32 Å². The number of nitrogens with zero attached hydrogens (tertiary/aromatic N) is 1. The average molecular weight is 495 g/mol. The summed E-state index contributed by atoms with van der Waals surface area (Å²) >= 11 is 0. The van der Waals surface area contributed by atoms with E-state index in [1.165, 1.54) is 4.31 Å². The molecular formula is C27H30N2O5S. The molecule has 8 heteroatoms. The van der Waals surface area contributed by atoms with Gasteiger partial charge in [-0.3, -0.25) is 9.10 Å². The summed E-state index contributed by atoms with van der Waals surface area (Å²) < 4.78 is 40.1. The SMILES string of the molecule is Cc1ccc(S(=O)(=O)N2C[C@H](C(=O)NCCOc3cccc(C)c3C)Oc3ccc(C)cc32)cc1. The minimum atomic E-state index is -3.90. The second-order valence-corrected chi connectivity index (χ2v) is 10.6. The summed E-state index contributed by atoms with van der Waals surface area (Å²) in [5, 5.41) is 2.81. The third-order valence-electron chi connectivity index (χ3n) is 6.10. The Morgan fingerprint density at radius 2 is 1.74 bits per heavy atom. The molecule has 0 bridgehead atoms. The predicted molar refractivity (Wildman–Crippen MR) is 136 cm³/mol. The Balaban J connectivity index is 1.49. The van der Waals surface area contributed by atoms with E-state index in [0.717, 1.165) is 28.0 Å². The van der Waals surface area contributed by atoms with Crippen LogP contribution in [0.2, 0.25) is 0 Å². The van der Waals surface area contributed by atoms with Crippen LogP contribution >= 0.6 is 0 Å². The molecule has 0 fully saturated rings. The highest BCUT2D eigenvalue weighted by Gasteiger charge is 2.37. The van der Waals surface area contributed by atoms with E-state index >= 15 is 0 Å². The van der Waals surface area contributed by atoms with Crippen molar-refractivity contribution in [2.75, 3.05) is 24.0 Å². The fourth-order valence-corrected chi connectivity index (χ4v) is 5.36. The van der Waals surface area contributed by atoms with E-state index in [0.29, 0.717) is 11.4 Å². The molecule has 0 aliphatic carbocycles. The number of rotatable bonds is 7. The quantitative estimate of drug-likeness (QED) is 0.501. The summed E-state index contributed by atoms with van der Waals surface area (Å²) in [7, 11) is -3.90. The maximum atomic E-state index is 13.5. The fourth-order valence-electron chi connectivity index (χ4n) is 3.89. The first-order chi connectivity index (χ1) is 16.7. The zero-order chi connectivity index (χ0) is 25.2. The van der Waals surface area contributed by atoms with Gasteiger partial charge in [0.25, 0.3) is 15.9 Å². The summed E-state index contributed by atoms with van der Waals surface area (Å²) in [5.74, 6) is 0.724. The number of anilines is 1. The summed E-state index contributed by atoms with van der Waals surface area (Å²) in [6, 6.07) is 17.8. The van der Waals surface area contributed by atoms with E-state index < -0.39 is 22.0 Å². The van der Waals surface area contributed by atoms with Crippen LogP contribution in [0.25, 0.3) is 0 Å². The van der Waals surface area contributed by atoms with Crippen LogP contribution in [0.1, 0.15) is 22.3 Å². The van der Waals surface area contributed by atoms with E-state index in [4.69, 9.17) is 9.47 Å². The molecule has 7 nitrogen and oxygen atoms in total. The van der Waals surface area contributed by atoms with Crippen molar-refractivity contribution in [2.24, 2.45) is 0 Å². The van der Waals surface area contributed by atoms with E-state index in [9.17, 15) is 13.2 Å². The summed E-state index contributed by atoms with van der Waals surface area (Å²) in [6.45, 7) is 8.19. The van der Waals surface area contributed by atoms with Gasteiger partial charge >= 0.3 is 0 Å². The number of amides is 1. The minimum Gasteiger partial charge on any atom is -0.491 e. The number of fused-ring (bicyclic) bond motifs is 1. The van der Waals surface area contributed by atoms with Crippen molar-refractivity contribution in [3.8, 4) is 11.5 Å². The van der Waals surface area contributed by atoms with Crippen LogP contribution in [-0.2, 0) is 14.8 Å². The molecule has 1 aliphatic heterocycles. The highest BCUT2D eigenvalue weighted by molar-refractivity contribution is 7.92. The normalized spacial score (nSPS) is 15.2. The Labute approximate surface area is 206 Å². The first-order valence-corrected chi connectivity index (χ1v) is 12.9. The number of carbonyl (C=O) groups excluding carboxylic acids is 1. The Bertz CT molecular complexity index is 1340. The van der Waals surface area contributed by atoms with Crippen molar-refractivity contribution in [3.63, 3.8) is 0 Å². The molecule has 4 rings (SSSR count).